The summed E-state index contributed by atoms with van der Waals surface area (Å²) in [6.45, 7) is 16.3. The number of nitrogens with one attached hydrogen (secondary N) is 1. The van der Waals surface area contributed by atoms with E-state index < -0.39 is 32.1 Å². The van der Waals surface area contributed by atoms with Gasteiger partial charge in [0.2, 0.25) is 5.56 Å². The third-order valence-electron chi connectivity index (χ3n) is 8.29. The van der Waals surface area contributed by atoms with Crippen LogP contribution >= 0.6 is 0 Å². The molecule has 0 aliphatic heterocycles. The van der Waals surface area contributed by atoms with E-state index in [0.29, 0.717) is 23.7 Å². The number of rotatable bonds is 7. The van der Waals surface area contributed by atoms with Crippen molar-refractivity contribution in [3.8, 4) is 5.75 Å². The van der Waals surface area contributed by atoms with Crippen molar-refractivity contribution >= 4 is 31.3 Å². The Morgan fingerprint density at radius 2 is 1.69 bits per heavy atom. The summed E-state index contributed by atoms with van der Waals surface area (Å²) in [5.41, 5.74) is 2.07. The summed E-state index contributed by atoms with van der Waals surface area (Å²) in [4.78, 5) is 42.0. The molecule has 1 unspecified atom stereocenters. The Hall–Kier alpha value is -3.63. The Morgan fingerprint density at radius 3 is 2.31 bits per heavy atom. The highest BCUT2D eigenvalue weighted by Crippen LogP contribution is 2.42. The average Bonchev–Trinajstić information content (AvgIpc) is 3.28. The number of nitrogens with zero attached hydrogens (tertiary/aromatic N) is 1. The number of phenolic OH excluding ortho intramolecular Hbond substituents is 1. The van der Waals surface area contributed by atoms with Crippen molar-refractivity contribution in [2.24, 2.45) is 0 Å². The predicted octanol–water partition coefficient (Wildman–Crippen LogP) is 6.40. The van der Waals surface area contributed by atoms with E-state index in [2.05, 4.69) is 38.8 Å². The Bertz CT molecular complexity index is 1570. The van der Waals surface area contributed by atoms with Gasteiger partial charge in [0, 0.05) is 17.5 Å². The number of carbonyl (C=O) groups is 2. The highest BCUT2D eigenvalue weighted by Gasteiger charge is 2.42. The predicted molar refractivity (Wildman–Crippen MR) is 165 cm³/mol. The van der Waals surface area contributed by atoms with Crippen molar-refractivity contribution in [2.45, 2.75) is 90.3 Å². The zero-order valence-electron chi connectivity index (χ0n) is 25.7. The molecule has 1 aliphatic rings. The molecule has 226 valence electrons. The van der Waals surface area contributed by atoms with Crippen molar-refractivity contribution in [1.82, 2.24) is 9.88 Å². The maximum absolute atomic E-state index is 13.8. The molecular formula is C32H42N2O7Si. The van der Waals surface area contributed by atoms with Crippen LogP contribution in [0.3, 0.4) is 0 Å². The molecule has 1 aliphatic carbocycles. The van der Waals surface area contributed by atoms with E-state index in [9.17, 15) is 24.6 Å². The molecule has 3 aromatic rings. The molecule has 3 N–H and O–H groups in total. The smallest absolute Gasteiger partial charge is 0.410 e. The number of carboxylic acid groups (broad SMARTS) is 1. The zero-order chi connectivity index (χ0) is 31.2. The highest BCUT2D eigenvalue weighted by atomic mass is 28.4. The summed E-state index contributed by atoms with van der Waals surface area (Å²) >= 11 is 0. The van der Waals surface area contributed by atoms with Crippen LogP contribution in [0.2, 0.25) is 18.1 Å². The monoisotopic (exact) mass is 594 g/mol. The lowest BCUT2D eigenvalue weighted by Gasteiger charge is -2.42. The van der Waals surface area contributed by atoms with Gasteiger partial charge in [0.25, 0.3) is 0 Å². The number of aromatic amines is 1. The fraction of sp³-hybridized carbons (Fsp3) is 0.469. The van der Waals surface area contributed by atoms with Crippen LogP contribution in [-0.2, 0) is 22.0 Å². The van der Waals surface area contributed by atoms with Crippen LogP contribution < -0.4 is 5.56 Å². The number of H-pyrrole nitrogens is 1. The fourth-order valence-corrected chi connectivity index (χ4v) is 6.36. The Balaban J connectivity index is 1.81. The molecule has 0 radical (unpaired) electrons. The Kier molecular flexibility index (Phi) is 8.36. The van der Waals surface area contributed by atoms with Crippen LogP contribution in [0.4, 0.5) is 4.79 Å². The lowest BCUT2D eigenvalue weighted by Crippen LogP contribution is -2.49. The van der Waals surface area contributed by atoms with Crippen molar-refractivity contribution in [1.29, 1.82) is 0 Å². The third-order valence-corrected chi connectivity index (χ3v) is 12.8. The number of carbonyl (C=O) groups excluding carboxylic acids is 1. The van der Waals surface area contributed by atoms with Crippen LogP contribution in [0.25, 0.3) is 10.9 Å². The molecule has 2 aromatic carbocycles. The molecular weight excluding hydrogens is 552 g/mol. The molecule has 1 aromatic heterocycles. The quantitative estimate of drug-likeness (QED) is 0.270. The molecule has 0 saturated carbocycles. The number of hydrogen-bond acceptors (Lipinski definition) is 6. The second kappa shape index (κ2) is 11.2. The fourth-order valence-electron chi connectivity index (χ4n) is 5.09. The van der Waals surface area contributed by atoms with Gasteiger partial charge in [0.15, 0.2) is 8.32 Å². The maximum atomic E-state index is 13.8. The molecule has 1 amide bonds. The van der Waals surface area contributed by atoms with Gasteiger partial charge in [-0.25, -0.2) is 9.59 Å². The van der Waals surface area contributed by atoms with Gasteiger partial charge in [-0.3, -0.25) is 4.79 Å². The second-order valence-electron chi connectivity index (χ2n) is 13.6. The number of phenols is 1. The maximum Gasteiger partial charge on any atom is 0.410 e. The number of ether oxygens (including phenoxy) is 1. The van der Waals surface area contributed by atoms with Crippen LogP contribution in [-0.4, -0.2) is 58.7 Å². The van der Waals surface area contributed by atoms with E-state index in [4.69, 9.17) is 9.16 Å². The van der Waals surface area contributed by atoms with Crippen molar-refractivity contribution in [3.05, 3.63) is 75.1 Å². The number of aromatic nitrogens is 1. The first-order valence-electron chi connectivity index (χ1n) is 14.2. The second-order valence-corrected chi connectivity index (χ2v) is 18.4. The van der Waals surface area contributed by atoms with E-state index in [1.807, 2.05) is 26.8 Å². The summed E-state index contributed by atoms with van der Waals surface area (Å²) in [7, 11) is -2.41. The molecule has 42 heavy (non-hydrogen) atoms. The number of aromatic hydroxyl groups is 1. The topological polar surface area (TPSA) is 129 Å². The van der Waals surface area contributed by atoms with Gasteiger partial charge in [0.05, 0.1) is 23.7 Å². The van der Waals surface area contributed by atoms with E-state index in [1.54, 1.807) is 29.2 Å². The first-order chi connectivity index (χ1) is 19.4. The number of fused-ring (bicyclic) bond motifs is 2. The van der Waals surface area contributed by atoms with Crippen molar-refractivity contribution in [3.63, 3.8) is 0 Å². The summed E-state index contributed by atoms with van der Waals surface area (Å²) < 4.78 is 12.9. The van der Waals surface area contributed by atoms with Gasteiger partial charge in [-0.05, 0) is 92.7 Å². The highest BCUT2D eigenvalue weighted by molar-refractivity contribution is 6.74. The van der Waals surface area contributed by atoms with Crippen LogP contribution in [0.5, 0.6) is 5.75 Å². The first kappa shape index (κ1) is 31.3. The molecule has 1 heterocycles. The van der Waals surface area contributed by atoms with Gasteiger partial charge in [-0.2, -0.15) is 0 Å². The lowest BCUT2D eigenvalue weighted by molar-refractivity contribution is 0.00600. The van der Waals surface area contributed by atoms with Crippen LogP contribution in [0.1, 0.15) is 74.7 Å². The number of amides is 1. The standard InChI is InChI=1S/C32H42N2O7Si/c1-31(2,3)40-30(39)34(22-16-19-9-10-20(29(37)38)15-21(19)17-22)18-26(41-42(7,8)32(4,5)6)23-11-13-25(35)28-24(23)12-14-27(36)33-28/h9-15,22,26,35H,16-18H2,1-8H3,(H,33,36)(H,37,38)/t22?,26-/m0/s1. The van der Waals surface area contributed by atoms with Crippen LogP contribution in [0, 0.1) is 0 Å². The molecule has 2 atom stereocenters. The molecule has 0 bridgehead atoms. The number of pyridine rings is 1. The van der Waals surface area contributed by atoms with E-state index >= 15 is 0 Å². The Labute approximate surface area is 247 Å². The average molecular weight is 595 g/mol. The number of carboxylic acids is 1. The minimum absolute atomic E-state index is 0.0537. The summed E-state index contributed by atoms with van der Waals surface area (Å²) in [5, 5.41) is 20.6. The molecule has 0 fully saturated rings. The van der Waals surface area contributed by atoms with Gasteiger partial charge >= 0.3 is 12.1 Å². The van der Waals surface area contributed by atoms with Gasteiger partial charge in [-0.1, -0.05) is 32.9 Å². The molecule has 9 nitrogen and oxygen atoms in total. The largest absolute Gasteiger partial charge is 0.506 e. The van der Waals surface area contributed by atoms with Gasteiger partial charge in [0.1, 0.15) is 11.4 Å². The minimum Gasteiger partial charge on any atom is -0.506 e. The summed E-state index contributed by atoms with van der Waals surface area (Å²) in [5.74, 6) is -1.05. The molecule has 0 saturated heterocycles. The van der Waals surface area contributed by atoms with E-state index in [1.165, 1.54) is 12.1 Å². The summed E-state index contributed by atoms with van der Waals surface area (Å²) in [6.07, 6.45) is -0.0679. The van der Waals surface area contributed by atoms with Crippen molar-refractivity contribution in [2.75, 3.05) is 6.54 Å². The lowest BCUT2D eigenvalue weighted by atomic mass is 10.0. The van der Waals surface area contributed by atoms with Crippen molar-refractivity contribution < 1.29 is 29.0 Å². The van der Waals surface area contributed by atoms with E-state index in [-0.39, 0.29) is 34.5 Å². The third kappa shape index (κ3) is 6.70. The number of hydrogen-bond donors (Lipinski definition) is 3. The van der Waals surface area contributed by atoms with Gasteiger partial charge < -0.3 is 29.3 Å². The Morgan fingerprint density at radius 1 is 1.02 bits per heavy atom. The normalized spacial score (nSPS) is 16.2. The van der Waals surface area contributed by atoms with Crippen LogP contribution in [0.15, 0.2) is 47.3 Å². The van der Waals surface area contributed by atoms with Gasteiger partial charge in [-0.15, -0.1) is 0 Å². The molecule has 0 spiro atoms. The molecule has 10 heteroatoms. The SMILES string of the molecule is CC(C)(C)OC(=O)N(C[C@H](O[Si](C)(C)C(C)(C)C)c1ccc(O)c2[nH]c(=O)ccc12)C1Cc2ccc(C(=O)O)cc2C1. The van der Waals surface area contributed by atoms with E-state index in [0.717, 1.165) is 16.7 Å². The molecule has 4 rings (SSSR count). The first-order valence-corrected chi connectivity index (χ1v) is 17.1. The number of benzene rings is 2. The number of aromatic carboxylic acids is 1. The zero-order valence-corrected chi connectivity index (χ0v) is 26.7. The summed E-state index contributed by atoms with van der Waals surface area (Å²) in [6, 6.07) is 11.2. The minimum atomic E-state index is -2.41.